The van der Waals surface area contributed by atoms with Gasteiger partial charge in [-0.05, 0) is 62.9 Å². The fourth-order valence-corrected chi connectivity index (χ4v) is 3.79. The normalized spacial score (nSPS) is 11.4. The summed E-state index contributed by atoms with van der Waals surface area (Å²) in [6.45, 7) is 5.49. The van der Waals surface area contributed by atoms with Gasteiger partial charge in [0.25, 0.3) is 15.9 Å². The molecule has 2 rings (SSSR count). The van der Waals surface area contributed by atoms with E-state index in [2.05, 4.69) is 10.0 Å². The van der Waals surface area contributed by atoms with E-state index in [9.17, 15) is 13.2 Å². The lowest BCUT2D eigenvalue weighted by Gasteiger charge is -2.13. The molecule has 0 aliphatic heterocycles. The first kappa shape index (κ1) is 19.3. The predicted octanol–water partition coefficient (Wildman–Crippen LogP) is 3.66. The molecule has 0 unspecified atom stereocenters. The van der Waals surface area contributed by atoms with Gasteiger partial charge in [0.05, 0.1) is 4.90 Å². The minimum Gasteiger partial charge on any atom is -0.350 e. The van der Waals surface area contributed by atoms with Crippen molar-refractivity contribution in [1.29, 1.82) is 0 Å². The summed E-state index contributed by atoms with van der Waals surface area (Å²) < 4.78 is 27.9. The van der Waals surface area contributed by atoms with Crippen molar-refractivity contribution >= 4 is 33.4 Å². The maximum absolute atomic E-state index is 12.7. The van der Waals surface area contributed by atoms with Crippen molar-refractivity contribution < 1.29 is 13.2 Å². The largest absolute Gasteiger partial charge is 0.350 e. The van der Waals surface area contributed by atoms with E-state index < -0.39 is 10.0 Å². The SMILES string of the molecule is CSc1cccc(NS(=O)(=O)c2ccc(C)c(C(=O)NC(C)C)c2)c1. The van der Waals surface area contributed by atoms with E-state index in [1.165, 1.54) is 23.9 Å². The molecule has 5 nitrogen and oxygen atoms in total. The van der Waals surface area contributed by atoms with E-state index in [0.717, 1.165) is 10.5 Å². The molecule has 0 heterocycles. The van der Waals surface area contributed by atoms with Gasteiger partial charge in [-0.15, -0.1) is 11.8 Å². The van der Waals surface area contributed by atoms with Gasteiger partial charge in [-0.1, -0.05) is 12.1 Å². The van der Waals surface area contributed by atoms with Crippen LogP contribution in [0.25, 0.3) is 0 Å². The summed E-state index contributed by atoms with van der Waals surface area (Å²) >= 11 is 1.53. The van der Waals surface area contributed by atoms with Gasteiger partial charge in [0.2, 0.25) is 0 Å². The van der Waals surface area contributed by atoms with Crippen molar-refractivity contribution in [2.45, 2.75) is 36.6 Å². The second-order valence-corrected chi connectivity index (χ2v) is 8.50. The molecule has 2 N–H and O–H groups in total. The molecule has 0 bridgehead atoms. The number of carbonyl (C=O) groups excluding carboxylic acids is 1. The van der Waals surface area contributed by atoms with Gasteiger partial charge in [-0.3, -0.25) is 9.52 Å². The van der Waals surface area contributed by atoms with Crippen molar-refractivity contribution in [1.82, 2.24) is 5.32 Å². The number of benzene rings is 2. The first-order chi connectivity index (χ1) is 11.7. The Morgan fingerprint density at radius 1 is 1.12 bits per heavy atom. The lowest BCUT2D eigenvalue weighted by molar-refractivity contribution is 0.0942. The number of nitrogens with one attached hydrogen (secondary N) is 2. The van der Waals surface area contributed by atoms with Crippen molar-refractivity contribution in [3.05, 3.63) is 53.6 Å². The Labute approximate surface area is 153 Å². The fourth-order valence-electron chi connectivity index (χ4n) is 2.25. The topological polar surface area (TPSA) is 75.3 Å². The van der Waals surface area contributed by atoms with Crippen LogP contribution >= 0.6 is 11.8 Å². The number of anilines is 1. The minimum atomic E-state index is -3.78. The van der Waals surface area contributed by atoms with Crippen LogP contribution in [0.15, 0.2) is 52.3 Å². The summed E-state index contributed by atoms with van der Waals surface area (Å²) in [6.07, 6.45) is 1.92. The number of carbonyl (C=O) groups is 1. The monoisotopic (exact) mass is 378 g/mol. The maximum Gasteiger partial charge on any atom is 0.261 e. The van der Waals surface area contributed by atoms with E-state index in [4.69, 9.17) is 0 Å². The molecule has 7 heteroatoms. The van der Waals surface area contributed by atoms with Gasteiger partial charge in [0.1, 0.15) is 0 Å². The molecule has 0 spiro atoms. The standard InChI is InChI=1S/C18H22N2O3S2/c1-12(2)19-18(21)17-11-16(9-8-13(17)3)25(22,23)20-14-6-5-7-15(10-14)24-4/h5-12,20H,1-4H3,(H,19,21). The summed E-state index contributed by atoms with van der Waals surface area (Å²) in [7, 11) is -3.78. The molecule has 0 aliphatic carbocycles. The summed E-state index contributed by atoms with van der Waals surface area (Å²) in [5.41, 5.74) is 1.57. The predicted molar refractivity (Wildman–Crippen MR) is 103 cm³/mol. The first-order valence-corrected chi connectivity index (χ1v) is 10.5. The summed E-state index contributed by atoms with van der Waals surface area (Å²) in [5, 5.41) is 2.79. The van der Waals surface area contributed by atoms with Crippen molar-refractivity contribution in [3.63, 3.8) is 0 Å². The van der Waals surface area contributed by atoms with Crippen LogP contribution in [-0.2, 0) is 10.0 Å². The van der Waals surface area contributed by atoms with Crippen LogP contribution in [0.2, 0.25) is 0 Å². The number of aryl methyl sites for hydroxylation is 1. The summed E-state index contributed by atoms with van der Waals surface area (Å²) in [5.74, 6) is -0.283. The lowest BCUT2D eigenvalue weighted by atomic mass is 10.1. The molecule has 0 aromatic heterocycles. The lowest BCUT2D eigenvalue weighted by Crippen LogP contribution is -2.30. The Hall–Kier alpha value is -1.99. The molecule has 134 valence electrons. The van der Waals surface area contributed by atoms with Crippen molar-refractivity contribution in [2.75, 3.05) is 11.0 Å². The number of sulfonamides is 1. The van der Waals surface area contributed by atoms with Crippen LogP contribution < -0.4 is 10.0 Å². The van der Waals surface area contributed by atoms with Crippen LogP contribution in [0.3, 0.4) is 0 Å². The highest BCUT2D eigenvalue weighted by molar-refractivity contribution is 7.98. The molecule has 25 heavy (non-hydrogen) atoms. The molecule has 0 atom stereocenters. The minimum absolute atomic E-state index is 0.0282. The molecule has 0 saturated carbocycles. The number of thioether (sulfide) groups is 1. The third kappa shape index (κ3) is 4.99. The summed E-state index contributed by atoms with van der Waals surface area (Å²) in [4.78, 5) is 13.3. The Kier molecular flexibility index (Phi) is 6.13. The van der Waals surface area contributed by atoms with Gasteiger partial charge in [-0.25, -0.2) is 8.42 Å². The van der Waals surface area contributed by atoms with E-state index in [-0.39, 0.29) is 16.8 Å². The smallest absolute Gasteiger partial charge is 0.261 e. The first-order valence-electron chi connectivity index (χ1n) is 7.81. The third-order valence-electron chi connectivity index (χ3n) is 3.51. The number of hydrogen-bond acceptors (Lipinski definition) is 4. The zero-order valence-corrected chi connectivity index (χ0v) is 16.3. The second-order valence-electron chi connectivity index (χ2n) is 5.94. The summed E-state index contributed by atoms with van der Waals surface area (Å²) in [6, 6.07) is 11.7. The number of amides is 1. The van der Waals surface area contributed by atoms with E-state index in [0.29, 0.717) is 11.3 Å². The fraction of sp³-hybridized carbons (Fsp3) is 0.278. The van der Waals surface area contributed by atoms with Crippen molar-refractivity contribution in [2.24, 2.45) is 0 Å². The highest BCUT2D eigenvalue weighted by atomic mass is 32.2. The van der Waals surface area contributed by atoms with Gasteiger partial charge in [0, 0.05) is 22.2 Å². The van der Waals surface area contributed by atoms with E-state index in [1.54, 1.807) is 31.2 Å². The van der Waals surface area contributed by atoms with Gasteiger partial charge < -0.3 is 5.32 Å². The molecular weight excluding hydrogens is 356 g/mol. The molecular formula is C18H22N2O3S2. The molecule has 0 radical (unpaired) electrons. The third-order valence-corrected chi connectivity index (χ3v) is 5.61. The molecule has 2 aromatic rings. The van der Waals surface area contributed by atoms with Gasteiger partial charge >= 0.3 is 0 Å². The average molecular weight is 379 g/mol. The molecule has 0 aliphatic rings. The Morgan fingerprint density at radius 2 is 1.84 bits per heavy atom. The Morgan fingerprint density at radius 3 is 2.48 bits per heavy atom. The Balaban J connectivity index is 2.34. The average Bonchev–Trinajstić information content (AvgIpc) is 2.54. The molecule has 1 amide bonds. The highest BCUT2D eigenvalue weighted by Crippen LogP contribution is 2.23. The van der Waals surface area contributed by atoms with E-state index in [1.807, 2.05) is 26.2 Å². The van der Waals surface area contributed by atoms with Crippen LogP contribution in [0.4, 0.5) is 5.69 Å². The highest BCUT2D eigenvalue weighted by Gasteiger charge is 2.18. The zero-order valence-electron chi connectivity index (χ0n) is 14.7. The molecule has 0 saturated heterocycles. The number of rotatable bonds is 6. The maximum atomic E-state index is 12.7. The van der Waals surface area contributed by atoms with Crippen LogP contribution in [0, 0.1) is 6.92 Å². The van der Waals surface area contributed by atoms with Crippen molar-refractivity contribution in [3.8, 4) is 0 Å². The van der Waals surface area contributed by atoms with Crippen LogP contribution in [-0.4, -0.2) is 26.6 Å². The Bertz CT molecular complexity index is 878. The number of hydrogen-bond donors (Lipinski definition) is 2. The van der Waals surface area contributed by atoms with Gasteiger partial charge in [0.15, 0.2) is 0 Å². The van der Waals surface area contributed by atoms with E-state index >= 15 is 0 Å². The zero-order chi connectivity index (χ0) is 18.6. The second kappa shape index (κ2) is 7.93. The van der Waals surface area contributed by atoms with Crippen LogP contribution in [0.5, 0.6) is 0 Å². The van der Waals surface area contributed by atoms with Gasteiger partial charge in [-0.2, -0.15) is 0 Å². The molecule has 2 aromatic carbocycles. The van der Waals surface area contributed by atoms with Crippen LogP contribution in [0.1, 0.15) is 29.8 Å². The quantitative estimate of drug-likeness (QED) is 0.752. The molecule has 0 fully saturated rings.